The van der Waals surface area contributed by atoms with Crippen molar-refractivity contribution in [2.45, 2.75) is 18.5 Å². The Morgan fingerprint density at radius 1 is 1.24 bits per heavy atom. The molecule has 1 aliphatic rings. The molecule has 1 aliphatic heterocycles. The minimum absolute atomic E-state index is 0.0627. The van der Waals surface area contributed by atoms with E-state index in [0.717, 1.165) is 35.2 Å². The van der Waals surface area contributed by atoms with Crippen LogP contribution in [0.1, 0.15) is 34.0 Å². The predicted octanol–water partition coefficient (Wildman–Crippen LogP) is 4.94. The number of fused-ring (bicyclic) bond motifs is 1. The number of anilines is 1. The second kappa shape index (κ2) is 6.95. The number of alkyl halides is 3. The summed E-state index contributed by atoms with van der Waals surface area (Å²) >= 11 is 6.14. The largest absolute Gasteiger partial charge is 0.478 e. The maximum Gasteiger partial charge on any atom is 0.416 e. The summed E-state index contributed by atoms with van der Waals surface area (Å²) in [5.41, 5.74) is 1.56. The normalized spacial score (nSPS) is 17.3. The van der Waals surface area contributed by atoms with E-state index in [1.54, 1.807) is 29.9 Å². The van der Waals surface area contributed by atoms with Crippen molar-refractivity contribution in [3.8, 4) is 0 Å². The van der Waals surface area contributed by atoms with E-state index in [4.69, 9.17) is 11.6 Å². The highest BCUT2D eigenvalue weighted by atomic mass is 35.5. The Balaban J connectivity index is 1.62. The number of halogens is 4. The van der Waals surface area contributed by atoms with Gasteiger partial charge in [0, 0.05) is 31.4 Å². The number of aromatic carboxylic acids is 1. The number of nitrogens with zero attached hydrogens (tertiary/aromatic N) is 3. The topological polar surface area (TPSA) is 58.4 Å². The van der Waals surface area contributed by atoms with Crippen molar-refractivity contribution in [2.24, 2.45) is 7.05 Å². The van der Waals surface area contributed by atoms with Gasteiger partial charge in [-0.3, -0.25) is 4.68 Å². The fourth-order valence-electron chi connectivity index (χ4n) is 3.86. The van der Waals surface area contributed by atoms with Gasteiger partial charge in [0.15, 0.2) is 0 Å². The quantitative estimate of drug-likeness (QED) is 0.648. The third-order valence-electron chi connectivity index (χ3n) is 5.32. The minimum Gasteiger partial charge on any atom is -0.478 e. The van der Waals surface area contributed by atoms with Gasteiger partial charge >= 0.3 is 12.1 Å². The summed E-state index contributed by atoms with van der Waals surface area (Å²) in [6.45, 7) is 1.21. The van der Waals surface area contributed by atoms with Crippen molar-refractivity contribution in [2.75, 3.05) is 18.0 Å². The lowest BCUT2D eigenvalue weighted by Crippen LogP contribution is -2.20. The summed E-state index contributed by atoms with van der Waals surface area (Å²) in [7, 11) is 1.76. The van der Waals surface area contributed by atoms with Crippen LogP contribution in [0.3, 0.4) is 0 Å². The van der Waals surface area contributed by atoms with E-state index >= 15 is 0 Å². The number of benzene rings is 2. The number of aromatic nitrogens is 2. The van der Waals surface area contributed by atoms with E-state index in [-0.39, 0.29) is 16.5 Å². The first kappa shape index (κ1) is 19.6. The maximum atomic E-state index is 12.9. The second-order valence-electron chi connectivity index (χ2n) is 7.14. The lowest BCUT2D eigenvalue weighted by Gasteiger charge is -2.21. The molecule has 2 heterocycles. The first-order chi connectivity index (χ1) is 13.6. The number of carboxylic acids is 1. The van der Waals surface area contributed by atoms with Gasteiger partial charge in [0.1, 0.15) is 0 Å². The van der Waals surface area contributed by atoms with Crippen molar-refractivity contribution >= 4 is 34.2 Å². The molecule has 5 nitrogen and oxygen atoms in total. The van der Waals surface area contributed by atoms with Crippen molar-refractivity contribution in [3.63, 3.8) is 0 Å². The number of rotatable bonds is 3. The summed E-state index contributed by atoms with van der Waals surface area (Å²) in [6, 6.07) is 8.30. The Labute approximate surface area is 169 Å². The molecule has 1 fully saturated rings. The third-order valence-corrected chi connectivity index (χ3v) is 5.62. The fraction of sp³-hybridized carbons (Fsp3) is 0.300. The zero-order valence-corrected chi connectivity index (χ0v) is 16.1. The molecule has 0 aliphatic carbocycles. The Morgan fingerprint density at radius 2 is 2.00 bits per heavy atom. The SMILES string of the molecule is Cn1nc(C2CCN(c3ccc(C(F)(F)F)cc3Cl)C2)c2ccc(C(=O)O)cc21. The Bertz CT molecular complexity index is 1110. The minimum atomic E-state index is -4.43. The average molecular weight is 424 g/mol. The van der Waals surface area contributed by atoms with Gasteiger partial charge in [-0.25, -0.2) is 4.79 Å². The number of carbonyl (C=O) groups is 1. The molecule has 0 spiro atoms. The van der Waals surface area contributed by atoms with Crippen LogP contribution in [0.15, 0.2) is 36.4 Å². The van der Waals surface area contributed by atoms with E-state index in [1.807, 2.05) is 4.90 Å². The van der Waals surface area contributed by atoms with Crippen molar-refractivity contribution in [3.05, 3.63) is 58.2 Å². The van der Waals surface area contributed by atoms with E-state index in [9.17, 15) is 23.1 Å². The molecule has 3 aromatic rings. The van der Waals surface area contributed by atoms with Crippen LogP contribution in [0.2, 0.25) is 5.02 Å². The predicted molar refractivity (Wildman–Crippen MR) is 104 cm³/mol. The van der Waals surface area contributed by atoms with Gasteiger partial charge in [-0.05, 0) is 36.8 Å². The first-order valence-corrected chi connectivity index (χ1v) is 9.34. The molecule has 2 aromatic carbocycles. The smallest absolute Gasteiger partial charge is 0.416 e. The highest BCUT2D eigenvalue weighted by Gasteiger charge is 2.33. The molecule has 0 amide bonds. The van der Waals surface area contributed by atoms with Gasteiger partial charge in [0.2, 0.25) is 0 Å². The van der Waals surface area contributed by atoms with Gasteiger partial charge in [-0.15, -0.1) is 0 Å². The number of hydrogen-bond acceptors (Lipinski definition) is 3. The van der Waals surface area contributed by atoms with Crippen molar-refractivity contribution in [1.29, 1.82) is 0 Å². The molecule has 1 N–H and O–H groups in total. The summed E-state index contributed by atoms with van der Waals surface area (Å²) in [5.74, 6) is -0.939. The van der Waals surface area contributed by atoms with Crippen LogP contribution in [0.4, 0.5) is 18.9 Å². The molecule has 1 atom stereocenters. The standard InChI is InChI=1S/C20H17ClF3N3O2/c1-26-17-8-11(19(28)29)2-4-14(17)18(25-26)12-6-7-27(10-12)16-5-3-13(9-15(16)21)20(22,23)24/h2-5,8-9,12H,6-7,10H2,1H3,(H,28,29). The van der Waals surface area contributed by atoms with Gasteiger partial charge in [-0.2, -0.15) is 18.3 Å². The molecule has 1 saturated heterocycles. The van der Waals surface area contributed by atoms with Crippen LogP contribution < -0.4 is 4.90 Å². The van der Waals surface area contributed by atoms with Gasteiger partial charge in [0.05, 0.1) is 33.0 Å². The highest BCUT2D eigenvalue weighted by Crippen LogP contribution is 2.39. The molecule has 0 radical (unpaired) electrons. The van der Waals surface area contributed by atoms with Crippen LogP contribution in [0, 0.1) is 0 Å². The molecule has 1 aromatic heterocycles. The van der Waals surface area contributed by atoms with E-state index < -0.39 is 17.7 Å². The third kappa shape index (κ3) is 3.53. The summed E-state index contributed by atoms with van der Waals surface area (Å²) < 4.78 is 40.3. The number of hydrogen-bond donors (Lipinski definition) is 1. The summed E-state index contributed by atoms with van der Waals surface area (Å²) in [6.07, 6.45) is -3.67. The Kier molecular flexibility index (Phi) is 4.69. The Hall–Kier alpha value is -2.74. The zero-order valence-electron chi connectivity index (χ0n) is 15.4. The average Bonchev–Trinajstić information content (AvgIpc) is 3.25. The van der Waals surface area contributed by atoms with Gasteiger partial charge in [-0.1, -0.05) is 17.7 Å². The van der Waals surface area contributed by atoms with Crippen LogP contribution in [-0.4, -0.2) is 33.9 Å². The molecular weight excluding hydrogens is 407 g/mol. The summed E-state index contributed by atoms with van der Waals surface area (Å²) in [5, 5.41) is 14.7. The molecule has 0 bridgehead atoms. The highest BCUT2D eigenvalue weighted by molar-refractivity contribution is 6.33. The van der Waals surface area contributed by atoms with Gasteiger partial charge in [0.25, 0.3) is 0 Å². The van der Waals surface area contributed by atoms with Crippen molar-refractivity contribution in [1.82, 2.24) is 9.78 Å². The molecule has 4 rings (SSSR count). The lowest BCUT2D eigenvalue weighted by molar-refractivity contribution is -0.137. The van der Waals surface area contributed by atoms with E-state index in [1.165, 1.54) is 6.07 Å². The lowest BCUT2D eigenvalue weighted by atomic mass is 10.0. The van der Waals surface area contributed by atoms with Gasteiger partial charge < -0.3 is 10.0 Å². The molecule has 0 saturated carbocycles. The maximum absolute atomic E-state index is 12.9. The fourth-order valence-corrected chi connectivity index (χ4v) is 4.16. The second-order valence-corrected chi connectivity index (χ2v) is 7.55. The van der Waals surface area contributed by atoms with E-state index in [2.05, 4.69) is 5.10 Å². The van der Waals surface area contributed by atoms with Crippen LogP contribution in [0.5, 0.6) is 0 Å². The molecular formula is C20H17ClF3N3O2. The molecule has 9 heteroatoms. The first-order valence-electron chi connectivity index (χ1n) is 8.97. The van der Waals surface area contributed by atoms with Crippen LogP contribution >= 0.6 is 11.6 Å². The van der Waals surface area contributed by atoms with Crippen LogP contribution in [-0.2, 0) is 13.2 Å². The Morgan fingerprint density at radius 3 is 2.66 bits per heavy atom. The molecule has 29 heavy (non-hydrogen) atoms. The zero-order chi connectivity index (χ0) is 20.9. The molecule has 1 unspecified atom stereocenters. The van der Waals surface area contributed by atoms with Crippen LogP contribution in [0.25, 0.3) is 10.9 Å². The number of carboxylic acid groups (broad SMARTS) is 1. The molecule has 152 valence electrons. The number of aryl methyl sites for hydroxylation is 1. The monoisotopic (exact) mass is 423 g/mol. The van der Waals surface area contributed by atoms with Crippen molar-refractivity contribution < 1.29 is 23.1 Å². The van der Waals surface area contributed by atoms with E-state index in [0.29, 0.717) is 18.8 Å². The summed E-state index contributed by atoms with van der Waals surface area (Å²) in [4.78, 5) is 13.2.